The molecule has 2 fully saturated rings. The minimum atomic E-state index is 0.741. The maximum absolute atomic E-state index is 4.84. The Morgan fingerprint density at radius 1 is 0.941 bits per heavy atom. The molecule has 2 atom stereocenters. The first-order valence-corrected chi connectivity index (χ1v) is 12.4. The van der Waals surface area contributed by atoms with Crippen LogP contribution in [0.5, 0.6) is 0 Å². The number of fused-ring (bicyclic) bond motifs is 4. The lowest BCUT2D eigenvalue weighted by molar-refractivity contribution is 0.0837. The molecule has 2 aromatic heterocycles. The lowest BCUT2D eigenvalue weighted by Gasteiger charge is -2.38. The van der Waals surface area contributed by atoms with Gasteiger partial charge in [-0.25, -0.2) is 0 Å². The summed E-state index contributed by atoms with van der Waals surface area (Å²) in [4.78, 5) is 10.1. The van der Waals surface area contributed by atoms with Gasteiger partial charge in [0, 0.05) is 60.8 Å². The predicted octanol–water partition coefficient (Wildman–Crippen LogP) is 4.89. The summed E-state index contributed by atoms with van der Waals surface area (Å²) in [6, 6.07) is 19.3. The molecule has 0 saturated carbocycles. The van der Waals surface area contributed by atoms with Crippen molar-refractivity contribution in [3.05, 3.63) is 89.4 Å². The lowest BCUT2D eigenvalue weighted by Crippen LogP contribution is -2.51. The predicted molar refractivity (Wildman–Crippen MR) is 136 cm³/mol. The summed E-state index contributed by atoms with van der Waals surface area (Å²) >= 11 is 0. The number of H-pyrrole nitrogens is 1. The van der Waals surface area contributed by atoms with E-state index >= 15 is 0 Å². The molecule has 1 N–H and O–H groups in total. The number of pyridine rings is 1. The van der Waals surface area contributed by atoms with E-state index in [0.717, 1.165) is 41.6 Å². The van der Waals surface area contributed by atoms with Gasteiger partial charge in [-0.05, 0) is 54.3 Å². The first kappa shape index (κ1) is 20.1. The molecule has 5 heteroatoms. The van der Waals surface area contributed by atoms with E-state index in [1.54, 1.807) is 0 Å². The Morgan fingerprint density at radius 2 is 1.76 bits per heavy atom. The summed E-state index contributed by atoms with van der Waals surface area (Å²) < 4.78 is 0. The van der Waals surface area contributed by atoms with Crippen molar-refractivity contribution in [2.45, 2.75) is 37.9 Å². The molecule has 1 aliphatic carbocycles. The molecule has 2 aliphatic heterocycles. The highest BCUT2D eigenvalue weighted by Gasteiger charge is 2.37. The van der Waals surface area contributed by atoms with Gasteiger partial charge in [0.05, 0.1) is 17.4 Å². The molecular weight excluding hydrogens is 418 g/mol. The molecule has 5 nitrogen and oxygen atoms in total. The normalized spacial score (nSPS) is 22.3. The van der Waals surface area contributed by atoms with Crippen molar-refractivity contribution < 1.29 is 0 Å². The highest BCUT2D eigenvalue weighted by Crippen LogP contribution is 2.37. The second kappa shape index (κ2) is 7.90. The van der Waals surface area contributed by atoms with Crippen molar-refractivity contribution >= 4 is 16.5 Å². The SMILES string of the molecule is CN1C2CCC1CN(Cc1ccc(-c3cnc4c(c3)C(c3cccc5[nH]ncc35)=CC4)cc1)C2. The summed E-state index contributed by atoms with van der Waals surface area (Å²) in [5.41, 5.74) is 9.75. The van der Waals surface area contributed by atoms with Crippen LogP contribution < -0.4 is 0 Å². The Balaban J connectivity index is 1.14. The third-order valence-electron chi connectivity index (χ3n) is 8.15. The zero-order chi connectivity index (χ0) is 22.6. The molecule has 2 aromatic carbocycles. The summed E-state index contributed by atoms with van der Waals surface area (Å²) in [5.74, 6) is 0. The van der Waals surface area contributed by atoms with E-state index in [1.165, 1.54) is 59.3 Å². The minimum Gasteiger partial charge on any atom is -0.298 e. The number of hydrogen-bond acceptors (Lipinski definition) is 4. The molecule has 170 valence electrons. The Bertz CT molecular complexity index is 1390. The second-order valence-corrected chi connectivity index (χ2v) is 10.1. The van der Waals surface area contributed by atoms with Crippen LogP contribution in [0, 0.1) is 0 Å². The van der Waals surface area contributed by atoms with Gasteiger partial charge in [-0.15, -0.1) is 0 Å². The van der Waals surface area contributed by atoms with Crippen molar-refractivity contribution in [2.75, 3.05) is 20.1 Å². The maximum atomic E-state index is 4.84. The van der Waals surface area contributed by atoms with Crippen molar-refractivity contribution in [2.24, 2.45) is 0 Å². The van der Waals surface area contributed by atoms with Crippen molar-refractivity contribution in [3.63, 3.8) is 0 Å². The average molecular weight is 448 g/mol. The number of rotatable bonds is 4. The molecule has 7 rings (SSSR count). The van der Waals surface area contributed by atoms with Gasteiger partial charge in [0.15, 0.2) is 0 Å². The summed E-state index contributed by atoms with van der Waals surface area (Å²) in [5, 5.41) is 8.50. The van der Waals surface area contributed by atoms with E-state index in [0.29, 0.717) is 0 Å². The molecule has 0 amide bonds. The number of nitrogens with zero attached hydrogens (tertiary/aromatic N) is 4. The zero-order valence-electron chi connectivity index (χ0n) is 19.5. The third kappa shape index (κ3) is 3.30. The number of likely N-dealkylation sites (tertiary alicyclic amines) is 1. The molecule has 2 saturated heterocycles. The number of aromatic amines is 1. The first-order valence-electron chi connectivity index (χ1n) is 12.4. The molecular formula is C29H29N5. The maximum Gasteiger partial charge on any atom is 0.0656 e. The van der Waals surface area contributed by atoms with Crippen LogP contribution in [0.4, 0.5) is 0 Å². The van der Waals surface area contributed by atoms with E-state index in [1.807, 2.05) is 12.4 Å². The van der Waals surface area contributed by atoms with Crippen LogP contribution in [-0.2, 0) is 13.0 Å². The van der Waals surface area contributed by atoms with E-state index in [-0.39, 0.29) is 0 Å². The third-order valence-corrected chi connectivity index (χ3v) is 8.15. The molecule has 0 spiro atoms. The van der Waals surface area contributed by atoms with E-state index < -0.39 is 0 Å². The van der Waals surface area contributed by atoms with Crippen LogP contribution in [0.2, 0.25) is 0 Å². The second-order valence-electron chi connectivity index (χ2n) is 10.1. The van der Waals surface area contributed by atoms with Crippen LogP contribution in [-0.4, -0.2) is 57.2 Å². The van der Waals surface area contributed by atoms with Gasteiger partial charge >= 0.3 is 0 Å². The molecule has 4 aromatic rings. The summed E-state index contributed by atoms with van der Waals surface area (Å²) in [6.45, 7) is 3.44. The first-order chi connectivity index (χ1) is 16.7. The van der Waals surface area contributed by atoms with Crippen molar-refractivity contribution in [1.82, 2.24) is 25.0 Å². The number of allylic oxidation sites excluding steroid dienone is 1. The fraction of sp³-hybridized carbons (Fsp3) is 0.310. The lowest BCUT2D eigenvalue weighted by atomic mass is 9.95. The van der Waals surface area contributed by atoms with E-state index in [4.69, 9.17) is 4.98 Å². The number of likely N-dealkylation sites (N-methyl/N-ethyl adjacent to an activating group) is 1. The van der Waals surface area contributed by atoms with Gasteiger partial charge in [-0.2, -0.15) is 5.10 Å². The Labute approximate surface area is 200 Å². The Morgan fingerprint density at radius 3 is 2.59 bits per heavy atom. The fourth-order valence-corrected chi connectivity index (χ4v) is 6.20. The van der Waals surface area contributed by atoms with Crippen LogP contribution in [0.25, 0.3) is 27.6 Å². The summed E-state index contributed by atoms with van der Waals surface area (Å²) in [6.07, 6.45) is 9.84. The monoisotopic (exact) mass is 447 g/mol. The van der Waals surface area contributed by atoms with Gasteiger partial charge < -0.3 is 0 Å². The molecule has 4 heterocycles. The molecule has 3 aliphatic rings. The topological polar surface area (TPSA) is 48.0 Å². The molecule has 34 heavy (non-hydrogen) atoms. The number of aromatic nitrogens is 3. The average Bonchev–Trinajstić information content (AvgIpc) is 3.55. The van der Waals surface area contributed by atoms with Crippen LogP contribution in [0.1, 0.15) is 35.2 Å². The molecule has 2 unspecified atom stereocenters. The van der Waals surface area contributed by atoms with Crippen LogP contribution in [0.3, 0.4) is 0 Å². The quantitative estimate of drug-likeness (QED) is 0.484. The number of hydrogen-bond donors (Lipinski definition) is 1. The van der Waals surface area contributed by atoms with Gasteiger partial charge in [0.2, 0.25) is 0 Å². The summed E-state index contributed by atoms with van der Waals surface area (Å²) in [7, 11) is 2.30. The minimum absolute atomic E-state index is 0.741. The zero-order valence-corrected chi connectivity index (χ0v) is 19.5. The standard InChI is InChI=1S/C29H29N5/c1-33-22-9-10-23(33)18-34(17-22)16-19-5-7-20(8-6-19)21-13-26-25(11-12-28(26)30-14-21)24-3-2-4-29-27(24)15-31-32-29/h2-8,11,13-15,22-23H,9-10,12,16-18H2,1H3,(H,31,32). The number of piperazine rings is 1. The van der Waals surface area contributed by atoms with E-state index in [2.05, 4.69) is 81.7 Å². The van der Waals surface area contributed by atoms with Gasteiger partial charge in [-0.1, -0.05) is 42.5 Å². The van der Waals surface area contributed by atoms with Crippen LogP contribution >= 0.6 is 0 Å². The Hall–Kier alpha value is -3.28. The van der Waals surface area contributed by atoms with Crippen molar-refractivity contribution in [3.8, 4) is 11.1 Å². The van der Waals surface area contributed by atoms with Gasteiger partial charge in [-0.3, -0.25) is 19.9 Å². The fourth-order valence-electron chi connectivity index (χ4n) is 6.20. The number of nitrogens with one attached hydrogen (secondary N) is 1. The van der Waals surface area contributed by atoms with Gasteiger partial charge in [0.1, 0.15) is 0 Å². The van der Waals surface area contributed by atoms with E-state index in [9.17, 15) is 0 Å². The Kier molecular flexibility index (Phi) is 4.67. The largest absolute Gasteiger partial charge is 0.298 e. The van der Waals surface area contributed by atoms with Crippen LogP contribution in [0.15, 0.2) is 67.0 Å². The molecule has 2 bridgehead atoms. The molecule has 0 radical (unpaired) electrons. The van der Waals surface area contributed by atoms with Gasteiger partial charge in [0.25, 0.3) is 0 Å². The highest BCUT2D eigenvalue weighted by molar-refractivity contribution is 5.98. The number of benzene rings is 2. The highest BCUT2D eigenvalue weighted by atomic mass is 15.3. The van der Waals surface area contributed by atoms with Crippen molar-refractivity contribution in [1.29, 1.82) is 0 Å². The smallest absolute Gasteiger partial charge is 0.0656 e.